The minimum Gasteiger partial charge on any atom is -0.399 e. The third-order valence-electron chi connectivity index (χ3n) is 2.19. The zero-order chi connectivity index (χ0) is 10.8. The highest BCUT2D eigenvalue weighted by Gasteiger charge is 2.11. The van der Waals surface area contributed by atoms with Gasteiger partial charge in [-0.15, -0.1) is 10.2 Å². The van der Waals surface area contributed by atoms with Crippen LogP contribution in [0.1, 0.15) is 6.92 Å². The average molecular weight is 206 g/mol. The second-order valence-corrected chi connectivity index (χ2v) is 3.18. The molecular formula is C10H11FN4. The number of nitrogens with two attached hydrogens (primary N) is 1. The third kappa shape index (κ3) is 1.68. The maximum absolute atomic E-state index is 13.5. The quantitative estimate of drug-likeness (QED) is 0.760. The van der Waals surface area contributed by atoms with E-state index < -0.39 is 0 Å². The van der Waals surface area contributed by atoms with Gasteiger partial charge in [-0.05, 0) is 25.1 Å². The molecule has 0 saturated carbocycles. The van der Waals surface area contributed by atoms with Gasteiger partial charge in [-0.3, -0.25) is 0 Å². The van der Waals surface area contributed by atoms with Crippen LogP contribution in [0.5, 0.6) is 0 Å². The summed E-state index contributed by atoms with van der Waals surface area (Å²) in [6.07, 6.45) is 1.57. The maximum Gasteiger partial charge on any atom is 0.166 e. The van der Waals surface area contributed by atoms with Crippen LogP contribution in [0.2, 0.25) is 0 Å². The van der Waals surface area contributed by atoms with Crippen LogP contribution < -0.4 is 5.73 Å². The number of halogens is 1. The Balaban J connectivity index is 2.58. The topological polar surface area (TPSA) is 56.7 Å². The Morgan fingerprint density at radius 2 is 2.27 bits per heavy atom. The van der Waals surface area contributed by atoms with Gasteiger partial charge in [0.05, 0.1) is 5.56 Å². The SMILES string of the molecule is CCn1cnnc1-c1cc(N)ccc1F. The Hall–Kier alpha value is -1.91. The van der Waals surface area contributed by atoms with Gasteiger partial charge in [0.2, 0.25) is 0 Å². The molecular weight excluding hydrogens is 195 g/mol. The molecule has 0 atom stereocenters. The first-order chi connectivity index (χ1) is 7.22. The van der Waals surface area contributed by atoms with Crippen molar-refractivity contribution in [2.24, 2.45) is 0 Å². The van der Waals surface area contributed by atoms with Gasteiger partial charge in [0.1, 0.15) is 12.1 Å². The monoisotopic (exact) mass is 206 g/mol. The van der Waals surface area contributed by atoms with Crippen LogP contribution in [0.15, 0.2) is 24.5 Å². The van der Waals surface area contributed by atoms with Crippen molar-refractivity contribution in [3.63, 3.8) is 0 Å². The van der Waals surface area contributed by atoms with Crippen LogP contribution in [-0.4, -0.2) is 14.8 Å². The van der Waals surface area contributed by atoms with Gasteiger partial charge < -0.3 is 10.3 Å². The molecule has 0 aliphatic carbocycles. The van der Waals surface area contributed by atoms with Gasteiger partial charge >= 0.3 is 0 Å². The third-order valence-corrected chi connectivity index (χ3v) is 2.19. The van der Waals surface area contributed by atoms with Crippen molar-refractivity contribution >= 4 is 5.69 Å². The van der Waals surface area contributed by atoms with Crippen LogP contribution in [0.4, 0.5) is 10.1 Å². The molecule has 0 unspecified atom stereocenters. The number of aryl methyl sites for hydroxylation is 1. The summed E-state index contributed by atoms with van der Waals surface area (Å²) in [6.45, 7) is 2.63. The lowest BCUT2D eigenvalue weighted by Gasteiger charge is -2.05. The Morgan fingerprint density at radius 3 is 3.00 bits per heavy atom. The number of nitrogens with zero attached hydrogens (tertiary/aromatic N) is 3. The van der Waals surface area contributed by atoms with Crippen molar-refractivity contribution < 1.29 is 4.39 Å². The zero-order valence-electron chi connectivity index (χ0n) is 8.31. The largest absolute Gasteiger partial charge is 0.399 e. The molecule has 5 heteroatoms. The van der Waals surface area contributed by atoms with E-state index in [-0.39, 0.29) is 5.82 Å². The lowest BCUT2D eigenvalue weighted by Crippen LogP contribution is -1.98. The first kappa shape index (κ1) is 9.64. The summed E-state index contributed by atoms with van der Waals surface area (Å²) >= 11 is 0. The summed E-state index contributed by atoms with van der Waals surface area (Å²) in [5, 5.41) is 7.62. The van der Waals surface area contributed by atoms with E-state index in [2.05, 4.69) is 10.2 Å². The van der Waals surface area contributed by atoms with E-state index in [4.69, 9.17) is 5.73 Å². The molecule has 4 nitrogen and oxygen atoms in total. The molecule has 0 fully saturated rings. The summed E-state index contributed by atoms with van der Waals surface area (Å²) in [4.78, 5) is 0. The standard InChI is InChI=1S/C10H11FN4/c1-2-15-6-13-14-10(15)8-5-7(12)3-4-9(8)11/h3-6H,2,12H2,1H3. The molecule has 0 bridgehead atoms. The molecule has 2 aromatic rings. The summed E-state index contributed by atoms with van der Waals surface area (Å²) in [6, 6.07) is 4.41. The number of anilines is 1. The second kappa shape index (κ2) is 3.68. The molecule has 15 heavy (non-hydrogen) atoms. The molecule has 1 aromatic carbocycles. The molecule has 2 N–H and O–H groups in total. The summed E-state index contributed by atoms with van der Waals surface area (Å²) < 4.78 is 15.3. The number of rotatable bonds is 2. The number of aromatic nitrogens is 3. The molecule has 0 amide bonds. The van der Waals surface area contributed by atoms with Crippen LogP contribution in [-0.2, 0) is 6.54 Å². The minimum absolute atomic E-state index is 0.341. The predicted molar refractivity (Wildman–Crippen MR) is 55.5 cm³/mol. The highest BCUT2D eigenvalue weighted by molar-refractivity contribution is 5.61. The smallest absolute Gasteiger partial charge is 0.166 e. The Kier molecular flexibility index (Phi) is 2.37. The Bertz CT molecular complexity index is 478. The molecule has 0 saturated heterocycles. The molecule has 0 aliphatic rings. The van der Waals surface area contributed by atoms with E-state index in [1.807, 2.05) is 6.92 Å². The zero-order valence-corrected chi connectivity index (χ0v) is 8.31. The van der Waals surface area contributed by atoms with Crippen LogP contribution >= 0.6 is 0 Å². The van der Waals surface area contributed by atoms with E-state index in [1.165, 1.54) is 12.1 Å². The van der Waals surface area contributed by atoms with Crippen molar-refractivity contribution in [2.75, 3.05) is 5.73 Å². The van der Waals surface area contributed by atoms with Gasteiger partial charge in [-0.2, -0.15) is 0 Å². The number of benzene rings is 1. The van der Waals surface area contributed by atoms with Gasteiger partial charge in [0.15, 0.2) is 5.82 Å². The van der Waals surface area contributed by atoms with E-state index in [0.29, 0.717) is 23.6 Å². The summed E-state index contributed by atoms with van der Waals surface area (Å²) in [5.41, 5.74) is 6.50. The molecule has 0 aliphatic heterocycles. The molecule has 0 spiro atoms. The average Bonchev–Trinajstić information content (AvgIpc) is 2.69. The number of hydrogen-bond acceptors (Lipinski definition) is 3. The van der Waals surface area contributed by atoms with E-state index in [1.54, 1.807) is 17.0 Å². The Morgan fingerprint density at radius 1 is 1.47 bits per heavy atom. The Labute approximate surface area is 86.6 Å². The van der Waals surface area contributed by atoms with Gasteiger partial charge in [0, 0.05) is 12.2 Å². The maximum atomic E-state index is 13.5. The highest BCUT2D eigenvalue weighted by Crippen LogP contribution is 2.22. The lowest BCUT2D eigenvalue weighted by atomic mass is 10.2. The number of nitrogen functional groups attached to an aromatic ring is 1. The van der Waals surface area contributed by atoms with E-state index in [0.717, 1.165) is 0 Å². The van der Waals surface area contributed by atoms with Crippen LogP contribution in [0, 0.1) is 5.82 Å². The lowest BCUT2D eigenvalue weighted by molar-refractivity contribution is 0.627. The van der Waals surface area contributed by atoms with Gasteiger partial charge in [-0.25, -0.2) is 4.39 Å². The van der Waals surface area contributed by atoms with Crippen molar-refractivity contribution in [3.8, 4) is 11.4 Å². The molecule has 0 radical (unpaired) electrons. The van der Waals surface area contributed by atoms with Gasteiger partial charge in [0.25, 0.3) is 0 Å². The summed E-state index contributed by atoms with van der Waals surface area (Å²) in [7, 11) is 0. The second-order valence-electron chi connectivity index (χ2n) is 3.18. The van der Waals surface area contributed by atoms with Crippen molar-refractivity contribution in [1.82, 2.24) is 14.8 Å². The first-order valence-corrected chi connectivity index (χ1v) is 4.65. The summed E-state index contributed by atoms with van der Waals surface area (Å²) in [5.74, 6) is 0.161. The van der Waals surface area contributed by atoms with Crippen molar-refractivity contribution in [3.05, 3.63) is 30.3 Å². The van der Waals surface area contributed by atoms with Gasteiger partial charge in [-0.1, -0.05) is 0 Å². The van der Waals surface area contributed by atoms with Crippen LogP contribution in [0.3, 0.4) is 0 Å². The fraction of sp³-hybridized carbons (Fsp3) is 0.200. The molecule has 2 rings (SSSR count). The predicted octanol–water partition coefficient (Wildman–Crippen LogP) is 1.69. The van der Waals surface area contributed by atoms with Crippen molar-refractivity contribution in [1.29, 1.82) is 0 Å². The molecule has 1 heterocycles. The fourth-order valence-electron chi connectivity index (χ4n) is 1.41. The van der Waals surface area contributed by atoms with E-state index >= 15 is 0 Å². The minimum atomic E-state index is -0.341. The first-order valence-electron chi connectivity index (χ1n) is 4.65. The highest BCUT2D eigenvalue weighted by atomic mass is 19.1. The molecule has 78 valence electrons. The fourth-order valence-corrected chi connectivity index (χ4v) is 1.41. The number of hydrogen-bond donors (Lipinski definition) is 1. The van der Waals surface area contributed by atoms with E-state index in [9.17, 15) is 4.39 Å². The van der Waals surface area contributed by atoms with Crippen LogP contribution in [0.25, 0.3) is 11.4 Å². The molecule has 1 aromatic heterocycles. The van der Waals surface area contributed by atoms with Crippen molar-refractivity contribution in [2.45, 2.75) is 13.5 Å². The normalized spacial score (nSPS) is 10.5.